The van der Waals surface area contributed by atoms with Crippen molar-refractivity contribution in [3.63, 3.8) is 0 Å². The van der Waals surface area contributed by atoms with Crippen LogP contribution < -0.4 is 5.32 Å². The van der Waals surface area contributed by atoms with Crippen LogP contribution in [0.15, 0.2) is 30.3 Å². The molecule has 0 spiro atoms. The second kappa shape index (κ2) is 6.94. The molecule has 114 valence electrons. The number of nitrogens with zero attached hydrogens (tertiary/aromatic N) is 1. The fraction of sp³-hybridized carbons (Fsp3) is 0.429. The maximum Gasteiger partial charge on any atom is 0.407 e. The molecular formula is C14H18N2O5. The Morgan fingerprint density at radius 1 is 1.29 bits per heavy atom. The molecule has 0 bridgehead atoms. The summed E-state index contributed by atoms with van der Waals surface area (Å²) in [4.78, 5) is 23.8. The Hall–Kier alpha value is -2.28. The summed E-state index contributed by atoms with van der Waals surface area (Å²) < 4.78 is 5.08. The van der Waals surface area contributed by atoms with Gasteiger partial charge in [0.2, 0.25) is 0 Å². The van der Waals surface area contributed by atoms with Crippen molar-refractivity contribution < 1.29 is 24.5 Å². The van der Waals surface area contributed by atoms with E-state index in [1.165, 1.54) is 4.90 Å². The van der Waals surface area contributed by atoms with Gasteiger partial charge in [0.1, 0.15) is 6.61 Å². The van der Waals surface area contributed by atoms with Crippen LogP contribution in [0.4, 0.5) is 9.59 Å². The molecule has 1 aromatic rings. The second-order valence-electron chi connectivity index (χ2n) is 4.94. The molecule has 2 rings (SSSR count). The molecule has 1 heterocycles. The van der Waals surface area contributed by atoms with Crippen molar-refractivity contribution in [1.82, 2.24) is 10.2 Å². The first-order valence-corrected chi connectivity index (χ1v) is 6.66. The van der Waals surface area contributed by atoms with E-state index >= 15 is 0 Å². The number of hydrogen-bond acceptors (Lipinski definition) is 4. The van der Waals surface area contributed by atoms with E-state index < -0.39 is 18.2 Å². The normalized spacial score (nSPS) is 21.1. The van der Waals surface area contributed by atoms with E-state index in [0.29, 0.717) is 0 Å². The van der Waals surface area contributed by atoms with Crippen LogP contribution in [0.5, 0.6) is 0 Å². The van der Waals surface area contributed by atoms with E-state index in [0.717, 1.165) is 5.56 Å². The quantitative estimate of drug-likeness (QED) is 0.765. The Morgan fingerprint density at radius 3 is 2.62 bits per heavy atom. The van der Waals surface area contributed by atoms with Crippen LogP contribution in [0.25, 0.3) is 0 Å². The Bertz CT molecular complexity index is 493. The molecule has 0 aromatic heterocycles. The summed E-state index contributed by atoms with van der Waals surface area (Å²) in [5.41, 5.74) is 0.866. The molecule has 2 amide bonds. The number of hydrogen-bond donors (Lipinski definition) is 3. The van der Waals surface area contributed by atoms with Crippen LogP contribution in [0.1, 0.15) is 5.56 Å². The van der Waals surface area contributed by atoms with Crippen LogP contribution in [-0.4, -0.2) is 53.0 Å². The van der Waals surface area contributed by atoms with Gasteiger partial charge in [0.15, 0.2) is 0 Å². The number of alkyl carbamates (subject to hydrolysis) is 1. The number of carbonyl (C=O) groups excluding carboxylic acids is 1. The van der Waals surface area contributed by atoms with Gasteiger partial charge < -0.3 is 25.2 Å². The highest BCUT2D eigenvalue weighted by molar-refractivity contribution is 5.69. The van der Waals surface area contributed by atoms with E-state index in [1.54, 1.807) is 0 Å². The van der Waals surface area contributed by atoms with Crippen LogP contribution >= 0.6 is 0 Å². The molecule has 2 atom stereocenters. The number of carboxylic acid groups (broad SMARTS) is 1. The Balaban J connectivity index is 1.83. The summed E-state index contributed by atoms with van der Waals surface area (Å²) in [6.45, 7) is 0.315. The standard InChI is InChI=1S/C14H18N2O5/c17-8-11-6-16(14(19)20)7-12(11)15-13(18)21-9-10-4-2-1-3-5-10/h1-5,11-12,17H,6-9H2,(H,15,18)(H,19,20)/t11-,12-/m0/s1. The lowest BCUT2D eigenvalue weighted by molar-refractivity contribution is 0.130. The van der Waals surface area contributed by atoms with Crippen molar-refractivity contribution >= 4 is 12.2 Å². The number of benzene rings is 1. The summed E-state index contributed by atoms with van der Waals surface area (Å²) in [6, 6.07) is 8.81. The second-order valence-corrected chi connectivity index (χ2v) is 4.94. The van der Waals surface area contributed by atoms with Gasteiger partial charge in [0, 0.05) is 25.6 Å². The lowest BCUT2D eigenvalue weighted by Gasteiger charge is -2.17. The zero-order valence-electron chi connectivity index (χ0n) is 11.4. The van der Waals surface area contributed by atoms with Crippen LogP contribution in [-0.2, 0) is 11.3 Å². The molecule has 1 fully saturated rings. The SMILES string of the molecule is O=C(N[C@H]1CN(C(=O)O)C[C@H]1CO)OCc1ccccc1. The fourth-order valence-corrected chi connectivity index (χ4v) is 2.29. The highest BCUT2D eigenvalue weighted by atomic mass is 16.5. The van der Waals surface area contributed by atoms with Gasteiger partial charge >= 0.3 is 12.2 Å². The number of aliphatic hydroxyl groups is 1. The summed E-state index contributed by atoms with van der Waals surface area (Å²) in [5, 5.41) is 20.8. The van der Waals surface area contributed by atoms with Crippen molar-refractivity contribution in [3.05, 3.63) is 35.9 Å². The number of nitrogens with one attached hydrogen (secondary N) is 1. The van der Waals surface area contributed by atoms with Gasteiger partial charge in [0.05, 0.1) is 6.04 Å². The summed E-state index contributed by atoms with van der Waals surface area (Å²) >= 11 is 0. The predicted molar refractivity (Wildman–Crippen MR) is 73.7 cm³/mol. The molecule has 0 saturated carbocycles. The average molecular weight is 294 g/mol. The zero-order valence-corrected chi connectivity index (χ0v) is 11.4. The largest absolute Gasteiger partial charge is 0.465 e. The van der Waals surface area contributed by atoms with Gasteiger partial charge in [0.25, 0.3) is 0 Å². The van der Waals surface area contributed by atoms with E-state index in [2.05, 4.69) is 5.32 Å². The van der Waals surface area contributed by atoms with Gasteiger partial charge in [-0.05, 0) is 5.56 Å². The minimum absolute atomic E-state index is 0.145. The van der Waals surface area contributed by atoms with Crippen LogP contribution in [0, 0.1) is 5.92 Å². The number of ether oxygens (including phenoxy) is 1. The summed E-state index contributed by atoms with van der Waals surface area (Å²) in [5.74, 6) is -0.314. The molecule has 7 nitrogen and oxygen atoms in total. The van der Waals surface area contributed by atoms with E-state index in [1.807, 2.05) is 30.3 Å². The average Bonchev–Trinajstić information content (AvgIpc) is 2.89. The molecule has 1 aliphatic rings. The van der Waals surface area contributed by atoms with Gasteiger partial charge in [-0.25, -0.2) is 9.59 Å². The first kappa shape index (κ1) is 15.1. The smallest absolute Gasteiger partial charge is 0.407 e. The Kier molecular flexibility index (Phi) is 4.99. The van der Waals surface area contributed by atoms with Gasteiger partial charge in [-0.2, -0.15) is 0 Å². The van der Waals surface area contributed by atoms with Crippen molar-refractivity contribution in [3.8, 4) is 0 Å². The molecule has 1 saturated heterocycles. The lowest BCUT2D eigenvalue weighted by atomic mass is 10.1. The van der Waals surface area contributed by atoms with Gasteiger partial charge in [-0.15, -0.1) is 0 Å². The third-order valence-corrected chi connectivity index (χ3v) is 3.46. The third-order valence-electron chi connectivity index (χ3n) is 3.46. The van der Waals surface area contributed by atoms with E-state index in [9.17, 15) is 14.7 Å². The summed E-state index contributed by atoms with van der Waals surface area (Å²) in [7, 11) is 0. The lowest BCUT2D eigenvalue weighted by Crippen LogP contribution is -2.42. The van der Waals surface area contributed by atoms with E-state index in [4.69, 9.17) is 9.84 Å². The van der Waals surface area contributed by atoms with E-state index in [-0.39, 0.29) is 32.2 Å². The van der Waals surface area contributed by atoms with Gasteiger partial charge in [-0.1, -0.05) is 30.3 Å². The number of aliphatic hydroxyl groups excluding tert-OH is 1. The molecule has 0 radical (unpaired) electrons. The molecule has 1 aliphatic heterocycles. The minimum atomic E-state index is -1.06. The topological polar surface area (TPSA) is 99.1 Å². The van der Waals surface area contributed by atoms with Crippen molar-refractivity contribution in [2.45, 2.75) is 12.6 Å². The van der Waals surface area contributed by atoms with Crippen LogP contribution in [0.2, 0.25) is 0 Å². The molecule has 0 unspecified atom stereocenters. The maximum absolute atomic E-state index is 11.7. The third kappa shape index (κ3) is 4.09. The Labute approximate surface area is 122 Å². The first-order valence-electron chi connectivity index (χ1n) is 6.66. The highest BCUT2D eigenvalue weighted by Crippen LogP contribution is 2.17. The summed E-state index contributed by atoms with van der Waals surface area (Å²) in [6.07, 6.45) is -1.68. The molecule has 7 heteroatoms. The number of rotatable bonds is 4. The first-order chi connectivity index (χ1) is 10.1. The zero-order chi connectivity index (χ0) is 15.2. The minimum Gasteiger partial charge on any atom is -0.465 e. The number of likely N-dealkylation sites (tertiary alicyclic amines) is 1. The molecule has 21 heavy (non-hydrogen) atoms. The highest BCUT2D eigenvalue weighted by Gasteiger charge is 2.36. The van der Waals surface area contributed by atoms with Crippen LogP contribution in [0.3, 0.4) is 0 Å². The fourth-order valence-electron chi connectivity index (χ4n) is 2.29. The molecule has 3 N–H and O–H groups in total. The molecular weight excluding hydrogens is 276 g/mol. The maximum atomic E-state index is 11.7. The Morgan fingerprint density at radius 2 is 2.00 bits per heavy atom. The predicted octanol–water partition coefficient (Wildman–Crippen LogP) is 0.883. The monoisotopic (exact) mass is 294 g/mol. The molecule has 1 aromatic carbocycles. The molecule has 0 aliphatic carbocycles. The number of carbonyl (C=O) groups is 2. The van der Waals surface area contributed by atoms with Gasteiger partial charge in [-0.3, -0.25) is 0 Å². The van der Waals surface area contributed by atoms with Crippen molar-refractivity contribution in [2.24, 2.45) is 5.92 Å². The number of amides is 2. The van der Waals surface area contributed by atoms with Crippen molar-refractivity contribution in [2.75, 3.05) is 19.7 Å². The van der Waals surface area contributed by atoms with Crippen molar-refractivity contribution in [1.29, 1.82) is 0 Å².